The summed E-state index contributed by atoms with van der Waals surface area (Å²) in [6.45, 7) is 15.3. The minimum Gasteiger partial charge on any atom is -0.390 e. The monoisotopic (exact) mass is 612 g/mol. The van der Waals surface area contributed by atoms with Crippen LogP contribution in [0.3, 0.4) is 0 Å². The van der Waals surface area contributed by atoms with Gasteiger partial charge in [-0.2, -0.15) is 0 Å². The van der Waals surface area contributed by atoms with E-state index in [9.17, 15) is 5.11 Å². The summed E-state index contributed by atoms with van der Waals surface area (Å²) < 4.78 is 10.8. The van der Waals surface area contributed by atoms with Gasteiger partial charge in [0.05, 0.1) is 12.2 Å². The SMILES string of the molecule is Cc1cccc(C)c1C1CC2NC(NSC3CCCC(C3)CN(C3CC4(C3)CC(C(C)(C)O)C4)[C@H](CCC(C)C)CO2)N1. The van der Waals surface area contributed by atoms with E-state index in [4.69, 9.17) is 4.74 Å². The van der Waals surface area contributed by atoms with Crippen molar-refractivity contribution in [3.05, 3.63) is 34.9 Å². The number of hydrogen-bond donors (Lipinski definition) is 4. The van der Waals surface area contributed by atoms with Gasteiger partial charge in [-0.25, -0.2) is 4.72 Å². The quantitative estimate of drug-likeness (QED) is 0.264. The summed E-state index contributed by atoms with van der Waals surface area (Å²) in [5.41, 5.74) is 4.10. The van der Waals surface area contributed by atoms with Crippen LogP contribution in [0, 0.1) is 37.0 Å². The largest absolute Gasteiger partial charge is 0.390 e. The molecule has 0 aromatic heterocycles. The number of rotatable bonds is 6. The maximum absolute atomic E-state index is 10.6. The predicted molar refractivity (Wildman–Crippen MR) is 179 cm³/mol. The van der Waals surface area contributed by atoms with Crippen molar-refractivity contribution in [3.63, 3.8) is 0 Å². The first-order valence-corrected chi connectivity index (χ1v) is 18.4. The molecule has 2 saturated heterocycles. The minimum atomic E-state index is -0.535. The van der Waals surface area contributed by atoms with E-state index < -0.39 is 5.60 Å². The number of nitrogens with one attached hydrogen (secondary N) is 3. The molecule has 6 rings (SSSR count). The van der Waals surface area contributed by atoms with Crippen LogP contribution in [0.25, 0.3) is 0 Å². The first-order valence-electron chi connectivity index (χ1n) is 17.6. The third-order valence-corrected chi connectivity index (χ3v) is 13.0. The topological polar surface area (TPSA) is 68.8 Å². The number of hydrogen-bond acceptors (Lipinski definition) is 7. The van der Waals surface area contributed by atoms with Gasteiger partial charge in [-0.05, 0) is 125 Å². The molecule has 7 heteroatoms. The molecule has 4 bridgehead atoms. The molecule has 1 spiro atoms. The molecule has 2 aliphatic heterocycles. The number of fused-ring (bicyclic) bond motifs is 4. The molecule has 1 aromatic rings. The second-order valence-corrected chi connectivity index (χ2v) is 17.4. The molecule has 5 aliphatic rings. The summed E-state index contributed by atoms with van der Waals surface area (Å²) in [6, 6.07) is 8.06. The summed E-state index contributed by atoms with van der Waals surface area (Å²) in [6.07, 6.45) is 13.8. The second-order valence-electron chi connectivity index (χ2n) is 16.2. The van der Waals surface area contributed by atoms with E-state index in [0.29, 0.717) is 34.6 Å². The van der Waals surface area contributed by atoms with Crippen molar-refractivity contribution in [2.45, 2.75) is 154 Å². The Morgan fingerprint density at radius 2 is 1.81 bits per heavy atom. The lowest BCUT2D eigenvalue weighted by molar-refractivity contribution is -0.158. The Labute approximate surface area is 266 Å². The van der Waals surface area contributed by atoms with E-state index in [0.717, 1.165) is 18.9 Å². The van der Waals surface area contributed by atoms with E-state index in [-0.39, 0.29) is 18.6 Å². The van der Waals surface area contributed by atoms with Crippen LogP contribution in [0.2, 0.25) is 0 Å². The van der Waals surface area contributed by atoms with Crippen molar-refractivity contribution >= 4 is 11.9 Å². The predicted octanol–water partition coefficient (Wildman–Crippen LogP) is 6.80. The number of ether oxygens (including phenoxy) is 1. The Bertz CT molecular complexity index is 1060. The van der Waals surface area contributed by atoms with Gasteiger partial charge in [0.2, 0.25) is 0 Å². The molecule has 43 heavy (non-hydrogen) atoms. The third-order valence-electron chi connectivity index (χ3n) is 11.8. The Kier molecular flexibility index (Phi) is 9.92. The van der Waals surface area contributed by atoms with Crippen molar-refractivity contribution in [2.24, 2.45) is 23.2 Å². The Balaban J connectivity index is 1.22. The van der Waals surface area contributed by atoms with Gasteiger partial charge >= 0.3 is 0 Å². The van der Waals surface area contributed by atoms with Crippen LogP contribution >= 0.6 is 11.9 Å². The van der Waals surface area contributed by atoms with E-state index >= 15 is 0 Å². The second kappa shape index (κ2) is 13.2. The Morgan fingerprint density at radius 1 is 1.07 bits per heavy atom. The van der Waals surface area contributed by atoms with Gasteiger partial charge in [-0.15, -0.1) is 0 Å². The minimum absolute atomic E-state index is 0.0128. The van der Waals surface area contributed by atoms with Gasteiger partial charge in [0, 0.05) is 36.3 Å². The van der Waals surface area contributed by atoms with Crippen LogP contribution < -0.4 is 15.4 Å². The Morgan fingerprint density at radius 3 is 2.51 bits per heavy atom. The molecule has 0 amide bonds. The van der Waals surface area contributed by atoms with E-state index in [1.165, 1.54) is 87.4 Å². The fourth-order valence-electron chi connectivity index (χ4n) is 9.21. The van der Waals surface area contributed by atoms with E-state index in [1.54, 1.807) is 0 Å². The summed E-state index contributed by atoms with van der Waals surface area (Å²) >= 11 is 1.96. The molecule has 3 aliphatic carbocycles. The van der Waals surface area contributed by atoms with Gasteiger partial charge in [-0.1, -0.05) is 50.4 Å². The van der Waals surface area contributed by atoms with Gasteiger partial charge in [0.15, 0.2) is 0 Å². The number of benzene rings is 1. The standard InChI is InChI=1S/C36H60N4O2S/c1-23(2)13-14-28-22-42-32-16-31(33-24(3)9-7-10-25(33)4)37-34(38-32)39-43-30-12-8-11-26(15-30)21-40(28)29-19-36(20-29)17-27(18-36)35(5,6)41/h7,9-10,23,26-32,34,37-39,41H,8,11-22H2,1-6H3/t26?,27?,28-,29?,30?,31?,32?,34?,36?/m1/s1. The first-order chi connectivity index (χ1) is 20.5. The van der Waals surface area contributed by atoms with Crippen molar-refractivity contribution < 1.29 is 9.84 Å². The van der Waals surface area contributed by atoms with Crippen LogP contribution in [0.4, 0.5) is 0 Å². The lowest BCUT2D eigenvalue weighted by Crippen LogP contribution is -2.63. The molecule has 1 aromatic carbocycles. The van der Waals surface area contributed by atoms with Crippen LogP contribution in [0.1, 0.15) is 121 Å². The first kappa shape index (κ1) is 32.3. The zero-order valence-electron chi connectivity index (χ0n) is 27.8. The number of nitrogens with zero attached hydrogens (tertiary/aromatic N) is 1. The molecule has 5 fully saturated rings. The highest BCUT2D eigenvalue weighted by molar-refractivity contribution is 7.98. The lowest BCUT2D eigenvalue weighted by atomic mass is 9.47. The molecule has 242 valence electrons. The molecule has 4 N–H and O–H groups in total. The number of aryl methyl sites for hydroxylation is 2. The summed E-state index contributed by atoms with van der Waals surface area (Å²) in [5.74, 6) is 1.93. The number of aliphatic hydroxyl groups is 1. The maximum atomic E-state index is 10.6. The summed E-state index contributed by atoms with van der Waals surface area (Å²) in [5, 5.41) is 19.0. The summed E-state index contributed by atoms with van der Waals surface area (Å²) in [4.78, 5) is 2.95. The van der Waals surface area contributed by atoms with Crippen molar-refractivity contribution in [1.29, 1.82) is 0 Å². The zero-order chi connectivity index (χ0) is 30.4. The molecule has 5 unspecified atom stereocenters. The maximum Gasteiger partial charge on any atom is 0.123 e. The molecular weight excluding hydrogens is 552 g/mol. The normalized spacial score (nSPS) is 39.3. The Hall–Kier alpha value is -0.670. The highest BCUT2D eigenvalue weighted by Gasteiger charge is 2.57. The summed E-state index contributed by atoms with van der Waals surface area (Å²) in [7, 11) is 0. The third kappa shape index (κ3) is 7.50. The smallest absolute Gasteiger partial charge is 0.123 e. The van der Waals surface area contributed by atoms with E-state index in [1.807, 2.05) is 25.8 Å². The van der Waals surface area contributed by atoms with Crippen LogP contribution in [0.5, 0.6) is 0 Å². The van der Waals surface area contributed by atoms with Crippen LogP contribution in [-0.2, 0) is 4.74 Å². The zero-order valence-corrected chi connectivity index (χ0v) is 28.6. The molecule has 6 atom stereocenters. The lowest BCUT2D eigenvalue weighted by Gasteiger charge is -2.63. The van der Waals surface area contributed by atoms with Gasteiger partial charge in [0.25, 0.3) is 0 Å². The van der Waals surface area contributed by atoms with Gasteiger partial charge in [-0.3, -0.25) is 15.5 Å². The molecular formula is C36H60N4O2S. The average Bonchev–Trinajstić information content (AvgIpc) is 2.89. The molecule has 2 heterocycles. The van der Waals surface area contributed by atoms with E-state index in [2.05, 4.69) is 66.1 Å². The highest BCUT2D eigenvalue weighted by Crippen LogP contribution is 2.62. The fraction of sp³-hybridized carbons (Fsp3) is 0.833. The van der Waals surface area contributed by atoms with Gasteiger partial charge in [0.1, 0.15) is 12.5 Å². The van der Waals surface area contributed by atoms with Crippen LogP contribution in [0.15, 0.2) is 18.2 Å². The van der Waals surface area contributed by atoms with Crippen molar-refractivity contribution in [3.8, 4) is 0 Å². The van der Waals surface area contributed by atoms with Crippen molar-refractivity contribution in [1.82, 2.24) is 20.3 Å². The molecule has 6 nitrogen and oxygen atoms in total. The van der Waals surface area contributed by atoms with Gasteiger partial charge < -0.3 is 9.84 Å². The van der Waals surface area contributed by atoms with Crippen LogP contribution in [-0.4, -0.2) is 58.6 Å². The average molecular weight is 613 g/mol. The molecule has 0 radical (unpaired) electrons. The fourth-order valence-corrected chi connectivity index (χ4v) is 10.3. The highest BCUT2D eigenvalue weighted by atomic mass is 32.2. The van der Waals surface area contributed by atoms with Crippen molar-refractivity contribution in [2.75, 3.05) is 13.2 Å². The molecule has 3 saturated carbocycles.